The van der Waals surface area contributed by atoms with E-state index < -0.39 is 0 Å². The Balaban J connectivity index is 0.00000220. The lowest BCUT2D eigenvalue weighted by Gasteiger charge is -2.34. The summed E-state index contributed by atoms with van der Waals surface area (Å²) in [5.74, 6) is 1.64. The average Bonchev–Trinajstić information content (AvgIpc) is 2.49. The average molecular weight is 333 g/mol. The van der Waals surface area contributed by atoms with E-state index in [0.717, 1.165) is 38.5 Å². The quantitative estimate of drug-likeness (QED) is 0.749. The number of nitrogens with zero attached hydrogens (tertiary/aromatic N) is 2. The SMILES string of the molecule is Cl.O=C(CCOc1ccccc1)N1CCN(CCCl)CC1. The number of hydrogen-bond donors (Lipinski definition) is 0. The summed E-state index contributed by atoms with van der Waals surface area (Å²) in [6, 6.07) is 9.59. The van der Waals surface area contributed by atoms with Crippen molar-refractivity contribution in [2.45, 2.75) is 6.42 Å². The molecule has 0 atom stereocenters. The fourth-order valence-electron chi connectivity index (χ4n) is 2.27. The van der Waals surface area contributed by atoms with Gasteiger partial charge in [0.15, 0.2) is 0 Å². The normalized spacial score (nSPS) is 15.4. The molecular formula is C15H22Cl2N2O2. The molecule has 0 saturated carbocycles. The standard InChI is InChI=1S/C15H21ClN2O2.ClH/c16-7-8-17-9-11-18(12-10-17)15(19)6-13-20-14-4-2-1-3-5-14;/h1-5H,6-13H2;1H. The van der Waals surface area contributed by atoms with Gasteiger partial charge in [-0.25, -0.2) is 0 Å². The van der Waals surface area contributed by atoms with Gasteiger partial charge in [-0.05, 0) is 12.1 Å². The van der Waals surface area contributed by atoms with Gasteiger partial charge in [0.1, 0.15) is 5.75 Å². The van der Waals surface area contributed by atoms with E-state index in [2.05, 4.69) is 4.90 Å². The van der Waals surface area contributed by atoms with Crippen molar-refractivity contribution in [1.82, 2.24) is 9.80 Å². The van der Waals surface area contributed by atoms with E-state index in [1.165, 1.54) is 0 Å². The molecule has 2 rings (SSSR count). The molecule has 1 heterocycles. The molecule has 118 valence electrons. The monoisotopic (exact) mass is 332 g/mol. The van der Waals surface area contributed by atoms with Gasteiger partial charge in [-0.15, -0.1) is 24.0 Å². The molecule has 6 heteroatoms. The van der Waals surface area contributed by atoms with Crippen molar-refractivity contribution in [3.8, 4) is 5.75 Å². The van der Waals surface area contributed by atoms with Crippen LogP contribution in [0.25, 0.3) is 0 Å². The van der Waals surface area contributed by atoms with E-state index in [1.807, 2.05) is 35.2 Å². The zero-order valence-corrected chi connectivity index (χ0v) is 13.6. The van der Waals surface area contributed by atoms with Gasteiger partial charge in [0, 0.05) is 38.6 Å². The van der Waals surface area contributed by atoms with Crippen LogP contribution in [0.4, 0.5) is 0 Å². The second-order valence-electron chi connectivity index (χ2n) is 4.82. The first-order valence-corrected chi connectivity index (χ1v) is 7.57. The molecule has 1 aromatic rings. The summed E-state index contributed by atoms with van der Waals surface area (Å²) in [7, 11) is 0. The summed E-state index contributed by atoms with van der Waals surface area (Å²) >= 11 is 5.72. The number of rotatable bonds is 6. The third-order valence-electron chi connectivity index (χ3n) is 3.45. The second-order valence-corrected chi connectivity index (χ2v) is 5.20. The predicted molar refractivity (Wildman–Crippen MR) is 87.5 cm³/mol. The van der Waals surface area contributed by atoms with Gasteiger partial charge in [-0.1, -0.05) is 18.2 Å². The first kappa shape index (κ1) is 18.1. The highest BCUT2D eigenvalue weighted by Gasteiger charge is 2.20. The van der Waals surface area contributed by atoms with E-state index in [9.17, 15) is 4.79 Å². The van der Waals surface area contributed by atoms with Crippen LogP contribution in [0, 0.1) is 0 Å². The number of ether oxygens (including phenoxy) is 1. The fraction of sp³-hybridized carbons (Fsp3) is 0.533. The van der Waals surface area contributed by atoms with E-state index in [0.29, 0.717) is 18.9 Å². The second kappa shape index (κ2) is 9.87. The lowest BCUT2D eigenvalue weighted by molar-refractivity contribution is -0.133. The molecule has 1 aliphatic heterocycles. The molecule has 4 nitrogen and oxygen atoms in total. The summed E-state index contributed by atoms with van der Waals surface area (Å²) in [6.07, 6.45) is 0.435. The Kier molecular flexibility index (Phi) is 8.50. The number of benzene rings is 1. The van der Waals surface area contributed by atoms with Gasteiger partial charge in [0.05, 0.1) is 13.0 Å². The van der Waals surface area contributed by atoms with Gasteiger partial charge in [-0.3, -0.25) is 9.69 Å². The van der Waals surface area contributed by atoms with Gasteiger partial charge < -0.3 is 9.64 Å². The smallest absolute Gasteiger partial charge is 0.226 e. The van der Waals surface area contributed by atoms with Gasteiger partial charge in [0.25, 0.3) is 0 Å². The summed E-state index contributed by atoms with van der Waals surface area (Å²) in [6.45, 7) is 4.75. The highest BCUT2D eigenvalue weighted by atomic mass is 35.5. The van der Waals surface area contributed by atoms with Crippen molar-refractivity contribution in [3.63, 3.8) is 0 Å². The zero-order valence-electron chi connectivity index (χ0n) is 12.0. The van der Waals surface area contributed by atoms with Gasteiger partial charge in [-0.2, -0.15) is 0 Å². The molecule has 0 aromatic heterocycles. The van der Waals surface area contributed by atoms with E-state index in [4.69, 9.17) is 16.3 Å². The maximum atomic E-state index is 12.1. The maximum Gasteiger partial charge on any atom is 0.226 e. The highest BCUT2D eigenvalue weighted by Crippen LogP contribution is 2.09. The Hall–Kier alpha value is -0.970. The zero-order chi connectivity index (χ0) is 14.2. The molecule has 1 fully saturated rings. The van der Waals surface area contributed by atoms with E-state index in [1.54, 1.807) is 0 Å². The van der Waals surface area contributed by atoms with E-state index >= 15 is 0 Å². The van der Waals surface area contributed by atoms with Crippen LogP contribution in [0.1, 0.15) is 6.42 Å². The molecule has 0 N–H and O–H groups in total. The highest BCUT2D eigenvalue weighted by molar-refractivity contribution is 6.18. The molecule has 1 saturated heterocycles. The molecule has 1 aromatic carbocycles. The van der Waals surface area contributed by atoms with Crippen LogP contribution >= 0.6 is 24.0 Å². The van der Waals surface area contributed by atoms with Crippen molar-refractivity contribution < 1.29 is 9.53 Å². The van der Waals surface area contributed by atoms with Crippen LogP contribution in [-0.4, -0.2) is 60.9 Å². The van der Waals surface area contributed by atoms with Crippen LogP contribution in [0.5, 0.6) is 5.75 Å². The summed E-state index contributed by atoms with van der Waals surface area (Å²) in [4.78, 5) is 16.3. The molecule has 21 heavy (non-hydrogen) atoms. The minimum atomic E-state index is 0. The lowest BCUT2D eigenvalue weighted by atomic mass is 10.3. The predicted octanol–water partition coefficient (Wildman–Crippen LogP) is 2.26. The molecule has 1 amide bonds. The van der Waals surface area contributed by atoms with Crippen molar-refractivity contribution in [2.24, 2.45) is 0 Å². The molecule has 0 aliphatic carbocycles. The largest absolute Gasteiger partial charge is 0.493 e. The Morgan fingerprint density at radius 3 is 2.43 bits per heavy atom. The molecular weight excluding hydrogens is 311 g/mol. The van der Waals surface area contributed by atoms with Crippen molar-refractivity contribution in [3.05, 3.63) is 30.3 Å². The molecule has 0 radical (unpaired) electrons. The van der Waals surface area contributed by atoms with Gasteiger partial charge >= 0.3 is 0 Å². The lowest BCUT2D eigenvalue weighted by Crippen LogP contribution is -2.49. The van der Waals surface area contributed by atoms with Crippen molar-refractivity contribution in [2.75, 3.05) is 45.2 Å². The number of hydrogen-bond acceptors (Lipinski definition) is 3. The van der Waals surface area contributed by atoms with Crippen LogP contribution in [0.3, 0.4) is 0 Å². The summed E-state index contributed by atoms with van der Waals surface area (Å²) in [5, 5.41) is 0. The molecule has 1 aliphatic rings. The van der Waals surface area contributed by atoms with Crippen molar-refractivity contribution >= 4 is 29.9 Å². The van der Waals surface area contributed by atoms with E-state index in [-0.39, 0.29) is 18.3 Å². The van der Waals surface area contributed by atoms with Crippen LogP contribution in [-0.2, 0) is 4.79 Å². The number of carbonyl (C=O) groups is 1. The molecule has 0 spiro atoms. The summed E-state index contributed by atoms with van der Waals surface area (Å²) in [5.41, 5.74) is 0. The topological polar surface area (TPSA) is 32.8 Å². The van der Waals surface area contributed by atoms with Crippen molar-refractivity contribution in [1.29, 1.82) is 0 Å². The number of para-hydroxylation sites is 1. The number of piperazine rings is 1. The van der Waals surface area contributed by atoms with Crippen LogP contribution in [0.2, 0.25) is 0 Å². The maximum absolute atomic E-state index is 12.1. The molecule has 0 bridgehead atoms. The third-order valence-corrected chi connectivity index (χ3v) is 3.62. The Morgan fingerprint density at radius 1 is 1.14 bits per heavy atom. The van der Waals surface area contributed by atoms with Gasteiger partial charge in [0.2, 0.25) is 5.91 Å². The molecule has 0 unspecified atom stereocenters. The number of halogens is 2. The fourth-order valence-corrected chi connectivity index (χ4v) is 2.51. The first-order chi connectivity index (χ1) is 9.79. The number of alkyl halides is 1. The Bertz CT molecular complexity index is 409. The Morgan fingerprint density at radius 2 is 1.81 bits per heavy atom. The number of carbonyl (C=O) groups excluding carboxylic acids is 1. The first-order valence-electron chi connectivity index (χ1n) is 7.03. The minimum Gasteiger partial charge on any atom is -0.493 e. The minimum absolute atomic E-state index is 0. The van der Waals surface area contributed by atoms with Crippen LogP contribution < -0.4 is 4.74 Å². The third kappa shape index (κ3) is 6.12. The summed E-state index contributed by atoms with van der Waals surface area (Å²) < 4.78 is 5.55. The number of amides is 1. The van der Waals surface area contributed by atoms with Crippen LogP contribution in [0.15, 0.2) is 30.3 Å². The Labute approximate surface area is 137 Å².